The summed E-state index contributed by atoms with van der Waals surface area (Å²) in [5.74, 6) is 0.962. The van der Waals surface area contributed by atoms with E-state index in [9.17, 15) is 4.79 Å². The zero-order valence-corrected chi connectivity index (χ0v) is 10.1. The second-order valence-corrected chi connectivity index (χ2v) is 4.39. The molecule has 0 aromatic carbocycles. The highest BCUT2D eigenvalue weighted by Crippen LogP contribution is 2.25. The van der Waals surface area contributed by atoms with Gasteiger partial charge in [-0.3, -0.25) is 9.63 Å². The zero-order chi connectivity index (χ0) is 12.3. The van der Waals surface area contributed by atoms with Gasteiger partial charge in [0, 0.05) is 5.92 Å². The van der Waals surface area contributed by atoms with Crippen molar-refractivity contribution in [2.45, 2.75) is 45.6 Å². The van der Waals surface area contributed by atoms with Gasteiger partial charge < -0.3 is 4.52 Å². The number of nitrogens with one attached hydrogen (secondary N) is 1. The molecule has 1 atom stereocenters. The molecular weight excluding hydrogens is 222 g/mol. The van der Waals surface area contributed by atoms with Crippen molar-refractivity contribution < 1.29 is 14.2 Å². The second-order valence-electron chi connectivity index (χ2n) is 4.39. The van der Waals surface area contributed by atoms with E-state index in [1.54, 1.807) is 13.8 Å². The van der Waals surface area contributed by atoms with Crippen molar-refractivity contribution in [2.24, 2.45) is 5.92 Å². The van der Waals surface area contributed by atoms with Crippen LogP contribution in [-0.4, -0.2) is 16.0 Å². The molecule has 0 saturated heterocycles. The first kappa shape index (κ1) is 12.0. The molecule has 94 valence electrons. The molecule has 1 fully saturated rings. The largest absolute Gasteiger partial charge is 0.336 e. The van der Waals surface area contributed by atoms with Gasteiger partial charge in [0.2, 0.25) is 5.91 Å². The van der Waals surface area contributed by atoms with Crippen molar-refractivity contribution in [2.75, 3.05) is 0 Å². The number of aromatic nitrogens is 2. The minimum absolute atomic E-state index is 0.0504. The first-order chi connectivity index (χ1) is 8.16. The fourth-order valence-corrected chi connectivity index (χ4v) is 1.95. The van der Waals surface area contributed by atoms with E-state index >= 15 is 0 Å². The van der Waals surface area contributed by atoms with Gasteiger partial charge >= 0.3 is 0 Å². The number of carbonyl (C=O) groups excluding carboxylic acids is 1. The Morgan fingerprint density at radius 3 is 2.82 bits per heavy atom. The molecule has 6 heteroatoms. The Morgan fingerprint density at radius 1 is 1.53 bits per heavy atom. The van der Waals surface area contributed by atoms with Crippen LogP contribution < -0.4 is 5.48 Å². The summed E-state index contributed by atoms with van der Waals surface area (Å²) >= 11 is 0. The number of hydroxylamine groups is 1. The summed E-state index contributed by atoms with van der Waals surface area (Å²) in [4.78, 5) is 20.9. The summed E-state index contributed by atoms with van der Waals surface area (Å²) < 4.78 is 4.95. The average Bonchev–Trinajstić information content (AvgIpc) is 2.95. The Hall–Kier alpha value is -1.43. The lowest BCUT2D eigenvalue weighted by Gasteiger charge is -2.12. The number of amides is 1. The molecule has 1 heterocycles. The fraction of sp³-hybridized carbons (Fsp3) is 0.727. The van der Waals surface area contributed by atoms with Crippen molar-refractivity contribution >= 4 is 5.91 Å². The van der Waals surface area contributed by atoms with Crippen molar-refractivity contribution in [3.8, 4) is 0 Å². The molecule has 1 aliphatic rings. The van der Waals surface area contributed by atoms with Crippen LogP contribution in [0.2, 0.25) is 0 Å². The number of nitrogens with zero attached hydrogens (tertiary/aromatic N) is 2. The minimum atomic E-state index is -0.429. The molecule has 0 bridgehead atoms. The molecule has 17 heavy (non-hydrogen) atoms. The van der Waals surface area contributed by atoms with Crippen molar-refractivity contribution in [3.05, 3.63) is 11.7 Å². The summed E-state index contributed by atoms with van der Waals surface area (Å²) in [6.07, 6.45) is 3.71. The fourth-order valence-electron chi connectivity index (χ4n) is 1.95. The Balaban J connectivity index is 1.79. The normalized spacial score (nSPS) is 18.2. The van der Waals surface area contributed by atoms with Crippen LogP contribution >= 0.6 is 0 Å². The molecule has 0 radical (unpaired) electrons. The van der Waals surface area contributed by atoms with Crippen molar-refractivity contribution in [1.82, 2.24) is 15.6 Å². The first-order valence-electron chi connectivity index (χ1n) is 5.92. The maximum absolute atomic E-state index is 11.7. The van der Waals surface area contributed by atoms with Crippen molar-refractivity contribution in [1.29, 1.82) is 0 Å². The lowest BCUT2D eigenvalue weighted by molar-refractivity contribution is -0.143. The van der Waals surface area contributed by atoms with Crippen LogP contribution in [0.15, 0.2) is 4.52 Å². The third-order valence-electron chi connectivity index (χ3n) is 2.95. The molecule has 6 nitrogen and oxygen atoms in total. The van der Waals surface area contributed by atoms with Gasteiger partial charge in [0.15, 0.2) is 11.9 Å². The topological polar surface area (TPSA) is 77.3 Å². The van der Waals surface area contributed by atoms with Crippen LogP contribution in [0.1, 0.15) is 50.4 Å². The molecule has 1 saturated carbocycles. The predicted octanol–water partition coefficient (Wildman–Crippen LogP) is 1.68. The highest BCUT2D eigenvalue weighted by molar-refractivity contribution is 5.77. The summed E-state index contributed by atoms with van der Waals surface area (Å²) in [6.45, 7) is 3.48. The lowest BCUT2D eigenvalue weighted by Crippen LogP contribution is -2.30. The van der Waals surface area contributed by atoms with E-state index in [-0.39, 0.29) is 11.8 Å². The van der Waals surface area contributed by atoms with E-state index in [0.717, 1.165) is 25.7 Å². The highest BCUT2D eigenvalue weighted by atomic mass is 16.7. The van der Waals surface area contributed by atoms with Gasteiger partial charge in [0.1, 0.15) is 0 Å². The van der Waals surface area contributed by atoms with Gasteiger partial charge in [-0.25, -0.2) is 5.48 Å². The third-order valence-corrected chi connectivity index (χ3v) is 2.95. The zero-order valence-electron chi connectivity index (χ0n) is 10.1. The lowest BCUT2D eigenvalue weighted by atomic mass is 10.1. The molecule has 1 amide bonds. The van der Waals surface area contributed by atoms with Crippen LogP contribution in [0.25, 0.3) is 0 Å². The van der Waals surface area contributed by atoms with Crippen molar-refractivity contribution in [3.63, 3.8) is 0 Å². The quantitative estimate of drug-likeness (QED) is 0.809. The Morgan fingerprint density at radius 2 is 2.24 bits per heavy atom. The summed E-state index contributed by atoms with van der Waals surface area (Å²) in [5.41, 5.74) is 2.47. The van der Waals surface area contributed by atoms with Gasteiger partial charge in [0.25, 0.3) is 5.89 Å². The minimum Gasteiger partial charge on any atom is -0.336 e. The molecule has 0 spiro atoms. The Kier molecular flexibility index (Phi) is 3.73. The van der Waals surface area contributed by atoms with Crippen LogP contribution in [-0.2, 0) is 9.63 Å². The second kappa shape index (κ2) is 5.27. The number of hydrogen-bond donors (Lipinski definition) is 1. The molecule has 1 aromatic rings. The maximum atomic E-state index is 11.7. The molecular formula is C11H17N3O3. The molecule has 1 aromatic heterocycles. The first-order valence-corrected chi connectivity index (χ1v) is 5.92. The monoisotopic (exact) mass is 239 g/mol. The highest BCUT2D eigenvalue weighted by Gasteiger charge is 2.24. The molecule has 1 aliphatic carbocycles. The number of rotatable bonds is 4. The molecule has 2 rings (SSSR count). The van der Waals surface area contributed by atoms with Crippen LogP contribution in [0, 0.1) is 12.8 Å². The standard InChI is InChI=1S/C11H17N3O3/c1-7(11-12-8(2)13-17-11)16-14-10(15)9-5-3-4-6-9/h7,9H,3-6H2,1-2H3,(H,14,15)/t7-/m1/s1. The van der Waals surface area contributed by atoms with E-state index in [1.807, 2.05) is 0 Å². The number of aryl methyl sites for hydroxylation is 1. The third kappa shape index (κ3) is 3.03. The van der Waals surface area contributed by atoms with E-state index in [0.29, 0.717) is 11.7 Å². The maximum Gasteiger partial charge on any atom is 0.258 e. The summed E-state index contributed by atoms with van der Waals surface area (Å²) in [5, 5.41) is 3.66. The SMILES string of the molecule is Cc1noc([C@@H](C)ONC(=O)C2CCCC2)n1. The van der Waals surface area contributed by atoms with Gasteiger partial charge in [-0.1, -0.05) is 18.0 Å². The Bertz CT molecular complexity index is 385. The van der Waals surface area contributed by atoms with E-state index in [2.05, 4.69) is 15.6 Å². The van der Waals surface area contributed by atoms with E-state index < -0.39 is 6.10 Å². The Labute approximate surface area is 99.7 Å². The van der Waals surface area contributed by atoms with Gasteiger partial charge in [-0.15, -0.1) is 0 Å². The number of hydrogen-bond acceptors (Lipinski definition) is 5. The molecule has 1 N–H and O–H groups in total. The molecule has 0 unspecified atom stereocenters. The molecule has 0 aliphatic heterocycles. The van der Waals surface area contributed by atoms with Gasteiger partial charge in [-0.2, -0.15) is 4.98 Å². The smallest absolute Gasteiger partial charge is 0.258 e. The van der Waals surface area contributed by atoms with Crippen LogP contribution in [0.5, 0.6) is 0 Å². The van der Waals surface area contributed by atoms with Crippen LogP contribution in [0.4, 0.5) is 0 Å². The van der Waals surface area contributed by atoms with E-state index in [1.165, 1.54) is 0 Å². The average molecular weight is 239 g/mol. The number of carbonyl (C=O) groups is 1. The van der Waals surface area contributed by atoms with Gasteiger partial charge in [0.05, 0.1) is 0 Å². The van der Waals surface area contributed by atoms with Crippen LogP contribution in [0.3, 0.4) is 0 Å². The predicted molar refractivity (Wildman–Crippen MR) is 58.6 cm³/mol. The van der Waals surface area contributed by atoms with Gasteiger partial charge in [-0.05, 0) is 26.7 Å². The summed E-state index contributed by atoms with van der Waals surface area (Å²) in [6, 6.07) is 0. The van der Waals surface area contributed by atoms with E-state index in [4.69, 9.17) is 9.36 Å². The summed E-state index contributed by atoms with van der Waals surface area (Å²) in [7, 11) is 0.